The van der Waals surface area contributed by atoms with Crippen molar-refractivity contribution < 1.29 is 32.7 Å². The number of allylic oxidation sites excluding steroid dienone is 7. The summed E-state index contributed by atoms with van der Waals surface area (Å²) < 4.78 is 0. The third kappa shape index (κ3) is 8.65. The topological polar surface area (TPSA) is 15.6 Å². The number of aryl methyl sites for hydroxylation is 1. The van der Waals surface area contributed by atoms with Crippen molar-refractivity contribution in [2.45, 2.75) is 47.5 Å². The maximum atomic E-state index is 5.97. The normalized spacial score (nSPS) is 14.8. The summed E-state index contributed by atoms with van der Waals surface area (Å²) in [7, 11) is 1.94. The minimum Gasteiger partial charge on any atom is -0.327 e. The summed E-state index contributed by atoms with van der Waals surface area (Å²) in [5, 5.41) is 7.88. The van der Waals surface area contributed by atoms with Gasteiger partial charge in [-0.2, -0.15) is 18.4 Å². The molecule has 0 amide bonds. The van der Waals surface area contributed by atoms with Crippen molar-refractivity contribution in [3.63, 3.8) is 0 Å². The van der Waals surface area contributed by atoms with Crippen LogP contribution in [-0.2, 0) is 39.1 Å². The van der Waals surface area contributed by atoms with E-state index in [0.717, 1.165) is 57.3 Å². The second-order valence-corrected chi connectivity index (χ2v) is 9.69. The van der Waals surface area contributed by atoms with Gasteiger partial charge in [-0.05, 0) is 43.4 Å². The first-order valence-electron chi connectivity index (χ1n) is 11.8. The minimum absolute atomic E-state index is 0. The number of rotatable bonds is 5. The number of hydrazone groups is 1. The summed E-state index contributed by atoms with van der Waals surface area (Å²) >= 11 is 11.9. The molecule has 0 fully saturated rings. The van der Waals surface area contributed by atoms with Crippen LogP contribution in [0.1, 0.15) is 56.4 Å². The van der Waals surface area contributed by atoms with Gasteiger partial charge in [0.15, 0.2) is 0 Å². The van der Waals surface area contributed by atoms with Crippen molar-refractivity contribution in [2.75, 3.05) is 7.05 Å². The number of nitrogens with zero attached hydrogens (tertiary/aromatic N) is 2. The zero-order chi connectivity index (χ0) is 25.5. The Morgan fingerprint density at radius 1 is 1.05 bits per heavy atom. The molecule has 0 saturated carbocycles. The van der Waals surface area contributed by atoms with E-state index in [1.165, 1.54) is 22.3 Å². The summed E-state index contributed by atoms with van der Waals surface area (Å²) in [5.41, 5.74) is 9.97. The van der Waals surface area contributed by atoms with Crippen LogP contribution in [0.2, 0.25) is 0 Å². The van der Waals surface area contributed by atoms with Crippen LogP contribution < -0.4 is 0 Å². The average Bonchev–Trinajstić information content (AvgIpc) is 2.82. The molecule has 2 aromatic carbocycles. The van der Waals surface area contributed by atoms with E-state index in [1.54, 1.807) is 0 Å². The Bertz CT molecular complexity index is 1220. The van der Waals surface area contributed by atoms with Gasteiger partial charge in [0.2, 0.25) is 0 Å². The van der Waals surface area contributed by atoms with E-state index in [4.69, 9.17) is 23.2 Å². The molecule has 1 aliphatic heterocycles. The molecule has 0 spiro atoms. The SMILES string of the molecule is C.C=C(C)C1=C(Cl)CCC=C1Cl.C=C1C(c2ccc(C[CH-]C)cc2)=C(c2ccc(C)cc2)C=NN1C.[Y]. The first-order valence-corrected chi connectivity index (χ1v) is 12.5. The molecule has 2 nitrogen and oxygen atoms in total. The van der Waals surface area contributed by atoms with Crippen LogP contribution in [0.5, 0.6) is 0 Å². The van der Waals surface area contributed by atoms with Crippen molar-refractivity contribution in [3.8, 4) is 0 Å². The van der Waals surface area contributed by atoms with Gasteiger partial charge < -0.3 is 6.42 Å². The standard InChI is InChI=1S/C22H23N2.C9H10Cl2.CH4.Y/c1-5-6-18-9-13-20(14-10-18)22-17(3)24(4)23-15-21(22)19-11-7-16(2)8-12-19;1-6(2)9-7(10)4-3-5-8(9)11;;/h5,7-15H,3,6H2,1-2,4H3;4H,1,3,5H2,2H3;1H4;/q-1;;;. The maximum absolute atomic E-state index is 5.97. The van der Waals surface area contributed by atoms with Crippen LogP contribution in [0, 0.1) is 13.3 Å². The molecule has 1 radical (unpaired) electrons. The van der Waals surface area contributed by atoms with Gasteiger partial charge >= 0.3 is 0 Å². The molecular formula is C32H37Cl2N2Y-. The molecule has 5 heteroatoms. The molecule has 4 rings (SSSR count). The van der Waals surface area contributed by atoms with Gasteiger partial charge in [0.25, 0.3) is 0 Å². The summed E-state index contributed by atoms with van der Waals surface area (Å²) in [6.07, 6.45) is 8.91. The predicted octanol–water partition coefficient (Wildman–Crippen LogP) is 9.72. The van der Waals surface area contributed by atoms with Crippen molar-refractivity contribution in [2.24, 2.45) is 5.10 Å². The third-order valence-corrected chi connectivity index (χ3v) is 6.70. The molecule has 1 heterocycles. The summed E-state index contributed by atoms with van der Waals surface area (Å²) in [6.45, 7) is 14.2. The number of halogens is 2. The molecule has 2 aromatic rings. The van der Waals surface area contributed by atoms with E-state index in [1.807, 2.05) is 31.3 Å². The Hall–Kier alpha value is -1.71. The molecule has 37 heavy (non-hydrogen) atoms. The van der Waals surface area contributed by atoms with Gasteiger partial charge in [0.05, 0.1) is 11.9 Å². The Kier molecular flexibility index (Phi) is 14.1. The van der Waals surface area contributed by atoms with Crippen LogP contribution in [0.15, 0.2) is 99.8 Å². The van der Waals surface area contributed by atoms with Gasteiger partial charge in [-0.3, -0.25) is 5.01 Å². The quantitative estimate of drug-likeness (QED) is 0.308. The van der Waals surface area contributed by atoms with Gasteiger partial charge in [-0.25, -0.2) is 0 Å². The zero-order valence-corrected chi connectivity index (χ0v) is 26.0. The van der Waals surface area contributed by atoms with Crippen molar-refractivity contribution in [3.05, 3.63) is 123 Å². The summed E-state index contributed by atoms with van der Waals surface area (Å²) in [6, 6.07) is 17.3. The number of benzene rings is 2. The largest absolute Gasteiger partial charge is 0.327 e. The Morgan fingerprint density at radius 2 is 1.65 bits per heavy atom. The number of likely N-dealkylation sites (N-methyl/N-ethyl adjacent to an activating group) is 1. The van der Waals surface area contributed by atoms with Crippen LogP contribution >= 0.6 is 23.2 Å². The average molecular weight is 609 g/mol. The van der Waals surface area contributed by atoms with E-state index in [0.29, 0.717) is 0 Å². The van der Waals surface area contributed by atoms with Crippen LogP contribution in [0.4, 0.5) is 0 Å². The van der Waals surface area contributed by atoms with Gasteiger partial charge in [-0.1, -0.05) is 110 Å². The van der Waals surface area contributed by atoms with E-state index >= 15 is 0 Å². The van der Waals surface area contributed by atoms with E-state index in [9.17, 15) is 0 Å². The van der Waals surface area contributed by atoms with Gasteiger partial charge in [0, 0.05) is 66.5 Å². The fourth-order valence-electron chi connectivity index (χ4n) is 4.03. The van der Waals surface area contributed by atoms with Crippen LogP contribution in [0.3, 0.4) is 0 Å². The molecule has 0 atom stereocenters. The zero-order valence-electron chi connectivity index (χ0n) is 21.6. The summed E-state index contributed by atoms with van der Waals surface area (Å²) in [5.74, 6) is 0. The van der Waals surface area contributed by atoms with Crippen LogP contribution in [-0.4, -0.2) is 18.3 Å². The van der Waals surface area contributed by atoms with Crippen molar-refractivity contribution in [1.29, 1.82) is 0 Å². The molecule has 193 valence electrons. The molecule has 0 unspecified atom stereocenters. The third-order valence-electron chi connectivity index (χ3n) is 5.98. The van der Waals surface area contributed by atoms with Crippen molar-refractivity contribution in [1.82, 2.24) is 5.01 Å². The molecule has 0 N–H and O–H groups in total. The molecular weight excluding hydrogens is 572 g/mol. The van der Waals surface area contributed by atoms with Gasteiger partial charge in [0.1, 0.15) is 0 Å². The number of hydrogen-bond acceptors (Lipinski definition) is 2. The Labute approximate surface area is 259 Å². The monoisotopic (exact) mass is 608 g/mol. The maximum Gasteiger partial charge on any atom is 0.0604 e. The van der Waals surface area contributed by atoms with Crippen LogP contribution in [0.25, 0.3) is 11.1 Å². The molecule has 1 aliphatic carbocycles. The Morgan fingerprint density at radius 3 is 2.16 bits per heavy atom. The fraction of sp³-hybridized carbons (Fsp3) is 0.250. The van der Waals surface area contributed by atoms with Crippen molar-refractivity contribution >= 4 is 40.6 Å². The molecule has 2 aliphatic rings. The molecule has 0 saturated heterocycles. The second kappa shape index (κ2) is 15.6. The smallest absolute Gasteiger partial charge is 0.0604 e. The first-order chi connectivity index (χ1) is 16.7. The first kappa shape index (κ1) is 33.3. The predicted molar refractivity (Wildman–Crippen MR) is 161 cm³/mol. The van der Waals surface area contributed by atoms with Gasteiger partial charge in [-0.15, -0.1) is 0 Å². The molecule has 0 aromatic heterocycles. The van der Waals surface area contributed by atoms with E-state index in [2.05, 4.69) is 87.1 Å². The van der Waals surface area contributed by atoms with E-state index < -0.39 is 0 Å². The Balaban J connectivity index is 0.000000448. The molecule has 0 bridgehead atoms. The minimum atomic E-state index is 0. The second-order valence-electron chi connectivity index (χ2n) is 8.83. The number of hydrogen-bond donors (Lipinski definition) is 0. The van der Waals surface area contributed by atoms with E-state index in [-0.39, 0.29) is 40.1 Å². The fourth-order valence-corrected chi connectivity index (χ4v) is 4.84. The summed E-state index contributed by atoms with van der Waals surface area (Å²) in [4.78, 5) is 0.